The molecule has 0 spiro atoms. The maximum absolute atomic E-state index is 12.8. The molecule has 152 valence electrons. The molecule has 2 aliphatic rings. The number of rotatable bonds is 3. The summed E-state index contributed by atoms with van der Waals surface area (Å²) in [6.45, 7) is 2.05. The zero-order valence-electron chi connectivity index (χ0n) is 15.9. The van der Waals surface area contributed by atoms with Crippen LogP contribution in [0.25, 0.3) is 10.9 Å². The second-order valence-electron chi connectivity index (χ2n) is 7.92. The van der Waals surface area contributed by atoms with Gasteiger partial charge in [0.1, 0.15) is 0 Å². The summed E-state index contributed by atoms with van der Waals surface area (Å²) in [5.74, 6) is 0.719. The molecule has 7 nitrogen and oxygen atoms in total. The zero-order valence-corrected chi connectivity index (χ0v) is 16.8. The lowest BCUT2D eigenvalue weighted by atomic mass is 9.67. The average molecular weight is 407 g/mol. The fraction of sp³-hybridized carbons (Fsp3) is 0.550. The molecule has 4 N–H and O–H groups in total. The Labute approximate surface area is 169 Å². The lowest BCUT2D eigenvalue weighted by Crippen LogP contribution is -2.53. The monoisotopic (exact) mass is 406 g/mol. The van der Waals surface area contributed by atoms with E-state index in [1.807, 2.05) is 0 Å². The van der Waals surface area contributed by atoms with E-state index in [0.717, 1.165) is 30.3 Å². The zero-order chi connectivity index (χ0) is 19.1. The van der Waals surface area contributed by atoms with Gasteiger partial charge in [-0.25, -0.2) is 4.79 Å². The van der Waals surface area contributed by atoms with E-state index in [2.05, 4.69) is 10.3 Å². The van der Waals surface area contributed by atoms with Crippen LogP contribution in [0.3, 0.4) is 0 Å². The molecule has 2 aromatic rings. The summed E-state index contributed by atoms with van der Waals surface area (Å²) < 4.78 is 1.15. The number of halogens is 1. The van der Waals surface area contributed by atoms with Gasteiger partial charge in [-0.15, -0.1) is 12.4 Å². The molecular formula is C20H27ClN4O3. The van der Waals surface area contributed by atoms with Crippen LogP contribution in [0.1, 0.15) is 49.4 Å². The summed E-state index contributed by atoms with van der Waals surface area (Å²) in [6, 6.07) is 5.26. The van der Waals surface area contributed by atoms with Crippen molar-refractivity contribution in [3.05, 3.63) is 44.6 Å². The first-order valence-corrected chi connectivity index (χ1v) is 9.81. The Kier molecular flexibility index (Phi) is 5.95. The Morgan fingerprint density at radius 1 is 1.25 bits per heavy atom. The summed E-state index contributed by atoms with van der Waals surface area (Å²) in [5.41, 5.74) is 6.23. The third-order valence-corrected chi connectivity index (χ3v) is 6.23. The molecule has 2 saturated carbocycles. The number of fused-ring (bicyclic) bond motifs is 3. The average Bonchev–Trinajstić information content (AvgIpc) is 2.62. The van der Waals surface area contributed by atoms with Crippen molar-refractivity contribution in [2.45, 2.75) is 57.7 Å². The lowest BCUT2D eigenvalue weighted by Gasteiger charge is -2.45. The van der Waals surface area contributed by atoms with Crippen molar-refractivity contribution in [2.24, 2.45) is 17.6 Å². The van der Waals surface area contributed by atoms with Gasteiger partial charge in [-0.1, -0.05) is 6.42 Å². The van der Waals surface area contributed by atoms with Crippen LogP contribution >= 0.6 is 12.4 Å². The number of aromatic amines is 1. The maximum Gasteiger partial charge on any atom is 0.328 e. The Hall–Kier alpha value is -2.12. The number of hydrogen-bond donors (Lipinski definition) is 3. The van der Waals surface area contributed by atoms with Crippen molar-refractivity contribution >= 4 is 29.2 Å². The molecule has 2 unspecified atom stereocenters. The number of benzene rings is 1. The molecule has 1 aromatic heterocycles. The van der Waals surface area contributed by atoms with Crippen LogP contribution in [0.4, 0.5) is 0 Å². The number of carbonyl (C=O) groups is 1. The van der Waals surface area contributed by atoms with Gasteiger partial charge in [0.05, 0.1) is 10.9 Å². The van der Waals surface area contributed by atoms with E-state index in [0.29, 0.717) is 34.8 Å². The highest BCUT2D eigenvalue weighted by Gasteiger charge is 2.39. The molecule has 2 atom stereocenters. The van der Waals surface area contributed by atoms with Crippen molar-refractivity contribution in [1.29, 1.82) is 0 Å². The molecule has 0 saturated heterocycles. The largest absolute Gasteiger partial charge is 0.349 e. The Balaban J connectivity index is 0.00000225. The number of amides is 1. The number of aromatic nitrogens is 2. The first-order valence-electron chi connectivity index (χ1n) is 9.81. The number of nitrogens with one attached hydrogen (secondary N) is 2. The van der Waals surface area contributed by atoms with Crippen molar-refractivity contribution < 1.29 is 4.79 Å². The summed E-state index contributed by atoms with van der Waals surface area (Å²) in [5, 5.41) is 3.62. The fourth-order valence-corrected chi connectivity index (χ4v) is 4.94. The predicted octanol–water partition coefficient (Wildman–Crippen LogP) is 1.77. The summed E-state index contributed by atoms with van der Waals surface area (Å²) in [4.78, 5) is 40.0. The van der Waals surface area contributed by atoms with Crippen LogP contribution in [0.15, 0.2) is 27.8 Å². The van der Waals surface area contributed by atoms with E-state index >= 15 is 0 Å². The fourth-order valence-electron chi connectivity index (χ4n) is 4.94. The number of nitrogens with zero attached hydrogens (tertiary/aromatic N) is 1. The molecule has 28 heavy (non-hydrogen) atoms. The van der Waals surface area contributed by atoms with Gasteiger partial charge in [0.25, 0.3) is 11.5 Å². The first kappa shape index (κ1) is 20.6. The van der Waals surface area contributed by atoms with Gasteiger partial charge in [0.2, 0.25) is 0 Å². The minimum absolute atomic E-state index is 0. The molecule has 1 aromatic carbocycles. The van der Waals surface area contributed by atoms with Gasteiger partial charge in [-0.2, -0.15) is 0 Å². The topological polar surface area (TPSA) is 110 Å². The molecule has 0 aliphatic heterocycles. The predicted molar refractivity (Wildman–Crippen MR) is 111 cm³/mol. The number of carbonyl (C=O) groups excluding carboxylic acids is 1. The quantitative estimate of drug-likeness (QED) is 0.721. The second kappa shape index (κ2) is 8.09. The maximum atomic E-state index is 12.8. The molecular weight excluding hydrogens is 380 g/mol. The second-order valence-corrected chi connectivity index (χ2v) is 7.92. The van der Waals surface area contributed by atoms with Gasteiger partial charge >= 0.3 is 5.69 Å². The minimum atomic E-state index is -0.455. The summed E-state index contributed by atoms with van der Waals surface area (Å²) in [6.07, 6.45) is 5.34. The SMILES string of the molecule is CCn1c(=O)[nH]c2cc(C(=O)NC3C4CCCC3CC(N)C4)ccc2c1=O.Cl. The molecule has 2 bridgehead atoms. The Bertz CT molecular complexity index is 985. The molecule has 2 aliphatic carbocycles. The molecule has 0 radical (unpaired) electrons. The first-order chi connectivity index (χ1) is 13.0. The lowest BCUT2D eigenvalue weighted by molar-refractivity contribution is 0.0756. The third-order valence-electron chi connectivity index (χ3n) is 6.23. The highest BCUT2D eigenvalue weighted by atomic mass is 35.5. The van der Waals surface area contributed by atoms with E-state index in [1.165, 1.54) is 6.42 Å². The Morgan fingerprint density at radius 3 is 2.57 bits per heavy atom. The molecule has 8 heteroatoms. The normalized spacial score (nSPS) is 26.5. The van der Waals surface area contributed by atoms with Crippen molar-refractivity contribution in [1.82, 2.24) is 14.9 Å². The summed E-state index contributed by atoms with van der Waals surface area (Å²) in [7, 11) is 0. The van der Waals surface area contributed by atoms with E-state index in [9.17, 15) is 14.4 Å². The molecule has 1 amide bonds. The van der Waals surface area contributed by atoms with E-state index in [1.54, 1.807) is 25.1 Å². The van der Waals surface area contributed by atoms with E-state index in [-0.39, 0.29) is 36.0 Å². The minimum Gasteiger partial charge on any atom is -0.349 e. The number of hydrogen-bond acceptors (Lipinski definition) is 4. The van der Waals surface area contributed by atoms with Crippen molar-refractivity contribution in [3.63, 3.8) is 0 Å². The van der Waals surface area contributed by atoms with Gasteiger partial charge < -0.3 is 16.0 Å². The van der Waals surface area contributed by atoms with Crippen LogP contribution in [0, 0.1) is 11.8 Å². The van der Waals surface area contributed by atoms with Crippen molar-refractivity contribution in [3.8, 4) is 0 Å². The standard InChI is InChI=1S/C20H26N4O3.ClH/c1-2-24-19(26)15-7-6-13(10-16(15)22-20(24)27)18(25)23-17-11-4-3-5-12(17)9-14(21)8-11;/h6-7,10-12,14,17H,2-5,8-9,21H2,1H3,(H,22,27)(H,23,25);1H. The van der Waals surface area contributed by atoms with Crippen LogP contribution in [-0.2, 0) is 6.54 Å². The van der Waals surface area contributed by atoms with Crippen molar-refractivity contribution in [2.75, 3.05) is 0 Å². The van der Waals surface area contributed by atoms with Crippen LogP contribution in [0.5, 0.6) is 0 Å². The van der Waals surface area contributed by atoms with E-state index < -0.39 is 5.69 Å². The van der Waals surface area contributed by atoms with Crippen LogP contribution in [-0.4, -0.2) is 27.5 Å². The summed E-state index contributed by atoms with van der Waals surface area (Å²) >= 11 is 0. The highest BCUT2D eigenvalue weighted by molar-refractivity contribution is 5.97. The van der Waals surface area contributed by atoms with E-state index in [4.69, 9.17) is 5.73 Å². The molecule has 2 fully saturated rings. The van der Waals surface area contributed by atoms with Crippen LogP contribution in [0.2, 0.25) is 0 Å². The number of nitrogens with two attached hydrogens (primary N) is 1. The van der Waals surface area contributed by atoms with Gasteiger partial charge in [0, 0.05) is 24.2 Å². The van der Waals surface area contributed by atoms with Gasteiger partial charge in [0.15, 0.2) is 0 Å². The third kappa shape index (κ3) is 3.61. The number of H-pyrrole nitrogens is 1. The smallest absolute Gasteiger partial charge is 0.328 e. The molecule has 4 rings (SSSR count). The Morgan fingerprint density at radius 2 is 1.93 bits per heavy atom. The van der Waals surface area contributed by atoms with Crippen LogP contribution < -0.4 is 22.3 Å². The van der Waals surface area contributed by atoms with Gasteiger partial charge in [-0.05, 0) is 62.6 Å². The van der Waals surface area contributed by atoms with Gasteiger partial charge in [-0.3, -0.25) is 14.2 Å². The molecule has 1 heterocycles. The highest BCUT2D eigenvalue weighted by Crippen LogP contribution is 2.39.